The zero-order chi connectivity index (χ0) is 14.8. The first-order chi connectivity index (χ1) is 9.67. The van der Waals surface area contributed by atoms with E-state index in [1.807, 2.05) is 0 Å². The van der Waals surface area contributed by atoms with E-state index in [0.717, 1.165) is 5.75 Å². The SMILES string of the molecule is COCCN(CCO)C(=O)CSCc1ccc(C)cc1. The topological polar surface area (TPSA) is 49.8 Å². The molecule has 1 aromatic carbocycles. The Balaban J connectivity index is 2.34. The van der Waals surface area contributed by atoms with Crippen molar-refractivity contribution in [2.75, 3.05) is 39.2 Å². The molecule has 0 saturated heterocycles. The van der Waals surface area contributed by atoms with Gasteiger partial charge in [-0.05, 0) is 12.5 Å². The summed E-state index contributed by atoms with van der Waals surface area (Å²) in [6.07, 6.45) is 0. The summed E-state index contributed by atoms with van der Waals surface area (Å²) in [5.41, 5.74) is 2.46. The van der Waals surface area contributed by atoms with Gasteiger partial charge in [-0.25, -0.2) is 0 Å². The number of hydrogen-bond donors (Lipinski definition) is 1. The number of aliphatic hydroxyl groups excluding tert-OH is 1. The molecule has 0 saturated carbocycles. The van der Waals surface area contributed by atoms with E-state index in [-0.39, 0.29) is 12.5 Å². The number of nitrogens with zero attached hydrogens (tertiary/aromatic N) is 1. The molecule has 5 heteroatoms. The molecule has 112 valence electrons. The molecule has 1 aromatic rings. The van der Waals surface area contributed by atoms with Crippen LogP contribution in [0.4, 0.5) is 0 Å². The zero-order valence-electron chi connectivity index (χ0n) is 12.2. The van der Waals surface area contributed by atoms with Gasteiger partial charge in [-0.1, -0.05) is 29.8 Å². The van der Waals surface area contributed by atoms with Crippen LogP contribution in [0.2, 0.25) is 0 Å². The summed E-state index contributed by atoms with van der Waals surface area (Å²) < 4.78 is 4.97. The molecule has 0 atom stereocenters. The Morgan fingerprint density at radius 2 is 2.00 bits per heavy atom. The maximum atomic E-state index is 12.0. The second kappa shape index (κ2) is 9.80. The van der Waals surface area contributed by atoms with Crippen LogP contribution in [0.1, 0.15) is 11.1 Å². The maximum Gasteiger partial charge on any atom is 0.232 e. The van der Waals surface area contributed by atoms with Crippen molar-refractivity contribution in [3.8, 4) is 0 Å². The number of carbonyl (C=O) groups excluding carboxylic acids is 1. The molecule has 0 heterocycles. The second-order valence-corrected chi connectivity index (χ2v) is 5.56. The third-order valence-electron chi connectivity index (χ3n) is 2.90. The summed E-state index contributed by atoms with van der Waals surface area (Å²) in [5.74, 6) is 1.30. The van der Waals surface area contributed by atoms with Crippen LogP contribution >= 0.6 is 11.8 Å². The molecule has 0 fully saturated rings. The van der Waals surface area contributed by atoms with E-state index in [4.69, 9.17) is 9.84 Å². The van der Waals surface area contributed by atoms with Gasteiger partial charge in [0.1, 0.15) is 0 Å². The third-order valence-corrected chi connectivity index (χ3v) is 3.89. The first kappa shape index (κ1) is 17.0. The molecule has 0 aliphatic rings. The molecule has 0 aliphatic carbocycles. The number of methoxy groups -OCH3 is 1. The minimum atomic E-state index is -0.0158. The Morgan fingerprint density at radius 3 is 2.60 bits per heavy atom. The van der Waals surface area contributed by atoms with Crippen molar-refractivity contribution in [3.63, 3.8) is 0 Å². The highest BCUT2D eigenvalue weighted by Crippen LogP contribution is 2.13. The second-order valence-electron chi connectivity index (χ2n) is 4.58. The minimum absolute atomic E-state index is 0.0158. The number of benzene rings is 1. The first-order valence-electron chi connectivity index (χ1n) is 6.68. The number of thioether (sulfide) groups is 1. The summed E-state index contributed by atoms with van der Waals surface area (Å²) in [4.78, 5) is 13.7. The van der Waals surface area contributed by atoms with E-state index in [9.17, 15) is 4.79 Å². The van der Waals surface area contributed by atoms with E-state index < -0.39 is 0 Å². The average molecular weight is 297 g/mol. The molecule has 0 unspecified atom stereocenters. The number of amides is 1. The van der Waals surface area contributed by atoms with Crippen molar-refractivity contribution in [1.82, 2.24) is 4.90 Å². The zero-order valence-corrected chi connectivity index (χ0v) is 13.0. The first-order valence-corrected chi connectivity index (χ1v) is 7.83. The van der Waals surface area contributed by atoms with E-state index in [1.165, 1.54) is 11.1 Å². The van der Waals surface area contributed by atoms with Gasteiger partial charge < -0.3 is 14.7 Å². The van der Waals surface area contributed by atoms with E-state index in [0.29, 0.717) is 25.4 Å². The smallest absolute Gasteiger partial charge is 0.232 e. The van der Waals surface area contributed by atoms with Gasteiger partial charge in [0, 0.05) is 26.0 Å². The van der Waals surface area contributed by atoms with Gasteiger partial charge in [-0.2, -0.15) is 0 Å². The van der Waals surface area contributed by atoms with E-state index >= 15 is 0 Å². The quantitative estimate of drug-likeness (QED) is 0.754. The third kappa shape index (κ3) is 6.41. The van der Waals surface area contributed by atoms with Crippen molar-refractivity contribution >= 4 is 17.7 Å². The average Bonchev–Trinajstić information content (AvgIpc) is 2.45. The van der Waals surface area contributed by atoms with Crippen LogP contribution < -0.4 is 0 Å². The fraction of sp³-hybridized carbons (Fsp3) is 0.533. The van der Waals surface area contributed by atoms with Crippen molar-refractivity contribution in [2.45, 2.75) is 12.7 Å². The fourth-order valence-electron chi connectivity index (χ4n) is 1.72. The van der Waals surface area contributed by atoms with Gasteiger partial charge in [0.2, 0.25) is 5.91 Å². The predicted molar refractivity (Wildman–Crippen MR) is 82.9 cm³/mol. The number of aryl methyl sites for hydroxylation is 1. The van der Waals surface area contributed by atoms with Crippen molar-refractivity contribution in [1.29, 1.82) is 0 Å². The molecule has 0 spiro atoms. The van der Waals surface area contributed by atoms with E-state index in [1.54, 1.807) is 23.8 Å². The lowest BCUT2D eigenvalue weighted by molar-refractivity contribution is -0.129. The van der Waals surface area contributed by atoms with Crippen LogP contribution in [-0.2, 0) is 15.3 Å². The number of aliphatic hydroxyl groups is 1. The molecule has 1 amide bonds. The number of carbonyl (C=O) groups is 1. The van der Waals surface area contributed by atoms with E-state index in [2.05, 4.69) is 31.2 Å². The molecule has 0 radical (unpaired) electrons. The molecule has 1 rings (SSSR count). The van der Waals surface area contributed by atoms with Gasteiger partial charge in [0.25, 0.3) is 0 Å². The molecule has 20 heavy (non-hydrogen) atoms. The van der Waals surface area contributed by atoms with Crippen LogP contribution in [-0.4, -0.2) is 55.1 Å². The lowest BCUT2D eigenvalue weighted by atomic mass is 10.2. The molecule has 0 aromatic heterocycles. The Hall–Kier alpha value is -1.04. The monoisotopic (exact) mass is 297 g/mol. The Bertz CT molecular complexity index is 395. The lowest BCUT2D eigenvalue weighted by Gasteiger charge is -2.21. The Kier molecular flexibility index (Phi) is 8.34. The number of ether oxygens (including phenoxy) is 1. The Labute approximate surface area is 125 Å². The summed E-state index contributed by atoms with van der Waals surface area (Å²) in [5, 5.41) is 8.97. The predicted octanol–water partition coefficient (Wildman–Crippen LogP) is 1.70. The van der Waals surface area contributed by atoms with Crippen LogP contribution in [0, 0.1) is 6.92 Å². The van der Waals surface area contributed by atoms with Crippen molar-refractivity contribution < 1.29 is 14.6 Å². The summed E-state index contributed by atoms with van der Waals surface area (Å²) in [6.45, 7) is 3.43. The molecule has 0 aliphatic heterocycles. The molecular weight excluding hydrogens is 274 g/mol. The normalized spacial score (nSPS) is 10.6. The number of hydrogen-bond acceptors (Lipinski definition) is 4. The molecule has 4 nitrogen and oxygen atoms in total. The summed E-state index contributed by atoms with van der Waals surface area (Å²) >= 11 is 1.59. The van der Waals surface area contributed by atoms with Gasteiger partial charge in [0.15, 0.2) is 0 Å². The fourth-order valence-corrected chi connectivity index (χ4v) is 2.60. The highest BCUT2D eigenvalue weighted by Gasteiger charge is 2.12. The van der Waals surface area contributed by atoms with Crippen molar-refractivity contribution in [3.05, 3.63) is 35.4 Å². The lowest BCUT2D eigenvalue weighted by Crippen LogP contribution is -2.37. The summed E-state index contributed by atoms with van der Waals surface area (Å²) in [6, 6.07) is 8.33. The summed E-state index contributed by atoms with van der Waals surface area (Å²) in [7, 11) is 1.60. The van der Waals surface area contributed by atoms with Crippen molar-refractivity contribution in [2.24, 2.45) is 0 Å². The standard InChI is InChI=1S/C15H23NO3S/c1-13-3-5-14(6-4-13)11-20-12-15(18)16(7-9-17)8-10-19-2/h3-6,17H,7-12H2,1-2H3. The highest BCUT2D eigenvalue weighted by atomic mass is 32.2. The number of rotatable bonds is 9. The van der Waals surface area contributed by atoms with Crippen LogP contribution in [0.3, 0.4) is 0 Å². The molecule has 1 N–H and O–H groups in total. The van der Waals surface area contributed by atoms with Crippen LogP contribution in [0.25, 0.3) is 0 Å². The Morgan fingerprint density at radius 1 is 1.30 bits per heavy atom. The highest BCUT2D eigenvalue weighted by molar-refractivity contribution is 7.99. The molecule has 0 bridgehead atoms. The van der Waals surface area contributed by atoms with Gasteiger partial charge in [0.05, 0.1) is 19.0 Å². The van der Waals surface area contributed by atoms with Gasteiger partial charge >= 0.3 is 0 Å². The molecular formula is C15H23NO3S. The van der Waals surface area contributed by atoms with Crippen LogP contribution in [0.5, 0.6) is 0 Å². The maximum absolute atomic E-state index is 12.0. The van der Waals surface area contributed by atoms with Crippen LogP contribution in [0.15, 0.2) is 24.3 Å². The van der Waals surface area contributed by atoms with Gasteiger partial charge in [-0.3, -0.25) is 4.79 Å². The minimum Gasteiger partial charge on any atom is -0.395 e. The largest absolute Gasteiger partial charge is 0.395 e. The van der Waals surface area contributed by atoms with Gasteiger partial charge in [-0.15, -0.1) is 11.8 Å².